The third-order valence-electron chi connectivity index (χ3n) is 4.01. The molecule has 0 radical (unpaired) electrons. The number of nitrogens with one attached hydrogen (secondary N) is 1. The van der Waals surface area contributed by atoms with Crippen LogP contribution in [-0.2, 0) is 9.53 Å². The van der Waals surface area contributed by atoms with E-state index in [4.69, 9.17) is 0 Å². The summed E-state index contributed by atoms with van der Waals surface area (Å²) in [5.41, 5.74) is 0. The van der Waals surface area contributed by atoms with E-state index in [-0.39, 0.29) is 11.8 Å². The summed E-state index contributed by atoms with van der Waals surface area (Å²) in [5.74, 6) is 0.782. The maximum Gasteiger partial charge on any atom is 0.407 e. The molecular weight excluding hydrogens is 232 g/mol. The van der Waals surface area contributed by atoms with Crippen molar-refractivity contribution < 1.29 is 14.3 Å². The number of piperidine rings is 1. The van der Waals surface area contributed by atoms with Crippen LogP contribution in [-0.4, -0.2) is 42.1 Å². The first-order valence-electron chi connectivity index (χ1n) is 6.62. The lowest BCUT2D eigenvalue weighted by Gasteiger charge is -2.31. The van der Waals surface area contributed by atoms with Crippen LogP contribution < -0.4 is 5.32 Å². The highest BCUT2D eigenvalue weighted by atomic mass is 16.5. The molecule has 0 aromatic heterocycles. The fraction of sp³-hybridized carbons (Fsp3) is 0.846. The standard InChI is InChI=1S/C13H22N2O3/c1-7(2)11(14-13(17)18-4)12(16)15-8(3)5-9-6-10(9)15/h7-11H,5-6H2,1-4H3,(H,14,17)/t8-,9-,10+,11+/m1/s1. The molecule has 1 aliphatic carbocycles. The van der Waals surface area contributed by atoms with Crippen LogP contribution in [0.5, 0.6) is 0 Å². The normalized spacial score (nSPS) is 30.9. The minimum absolute atomic E-state index is 0.0351. The van der Waals surface area contributed by atoms with Gasteiger partial charge in [0.15, 0.2) is 0 Å². The van der Waals surface area contributed by atoms with Crippen molar-refractivity contribution in [3.63, 3.8) is 0 Å². The van der Waals surface area contributed by atoms with Gasteiger partial charge < -0.3 is 15.0 Å². The number of alkyl carbamates (subject to hydrolysis) is 1. The van der Waals surface area contributed by atoms with Gasteiger partial charge in [0.2, 0.25) is 5.91 Å². The number of nitrogens with zero attached hydrogens (tertiary/aromatic N) is 1. The van der Waals surface area contributed by atoms with Crippen LogP contribution in [0.1, 0.15) is 33.6 Å². The van der Waals surface area contributed by atoms with Gasteiger partial charge in [0.1, 0.15) is 6.04 Å². The molecule has 0 aromatic rings. The molecule has 0 aromatic carbocycles. The second kappa shape index (κ2) is 4.78. The Hall–Kier alpha value is -1.26. The smallest absolute Gasteiger partial charge is 0.407 e. The first kappa shape index (κ1) is 13.2. The topological polar surface area (TPSA) is 58.6 Å². The summed E-state index contributed by atoms with van der Waals surface area (Å²) >= 11 is 0. The molecule has 5 heteroatoms. The number of ether oxygens (including phenoxy) is 1. The van der Waals surface area contributed by atoms with E-state index in [0.29, 0.717) is 18.0 Å². The Morgan fingerprint density at radius 3 is 2.44 bits per heavy atom. The van der Waals surface area contributed by atoms with Crippen molar-refractivity contribution in [2.24, 2.45) is 11.8 Å². The summed E-state index contributed by atoms with van der Waals surface area (Å²) < 4.78 is 4.59. The number of carbonyl (C=O) groups excluding carboxylic acids is 2. The summed E-state index contributed by atoms with van der Waals surface area (Å²) in [6.07, 6.45) is 1.68. The second-order valence-electron chi connectivity index (χ2n) is 5.75. The zero-order chi connectivity index (χ0) is 13.4. The fourth-order valence-corrected chi connectivity index (χ4v) is 2.94. The van der Waals surface area contributed by atoms with Gasteiger partial charge in [-0.3, -0.25) is 4.79 Å². The molecular formula is C13H22N2O3. The Labute approximate surface area is 108 Å². The van der Waals surface area contributed by atoms with E-state index in [1.165, 1.54) is 7.11 Å². The van der Waals surface area contributed by atoms with Gasteiger partial charge in [-0.05, 0) is 31.6 Å². The predicted octanol–water partition coefficient (Wildman–Crippen LogP) is 1.38. The van der Waals surface area contributed by atoms with E-state index in [0.717, 1.165) is 12.8 Å². The quantitative estimate of drug-likeness (QED) is 0.827. The van der Waals surface area contributed by atoms with Gasteiger partial charge >= 0.3 is 6.09 Å². The SMILES string of the molecule is COC(=O)N[C@H](C(=O)N1[C@H](C)C[C@@H]2C[C@@H]21)C(C)C. The molecule has 1 N–H and O–H groups in total. The van der Waals surface area contributed by atoms with Crippen molar-refractivity contribution in [2.45, 2.75) is 51.7 Å². The molecule has 2 fully saturated rings. The molecule has 0 bridgehead atoms. The van der Waals surface area contributed by atoms with Crippen molar-refractivity contribution in [1.29, 1.82) is 0 Å². The molecule has 2 amide bonds. The summed E-state index contributed by atoms with van der Waals surface area (Å²) in [4.78, 5) is 25.8. The highest BCUT2D eigenvalue weighted by Crippen LogP contribution is 2.47. The van der Waals surface area contributed by atoms with Crippen molar-refractivity contribution >= 4 is 12.0 Å². The zero-order valence-electron chi connectivity index (χ0n) is 11.5. The highest BCUT2D eigenvalue weighted by molar-refractivity contribution is 5.87. The van der Waals surface area contributed by atoms with Gasteiger partial charge in [-0.1, -0.05) is 13.8 Å². The van der Waals surface area contributed by atoms with E-state index < -0.39 is 12.1 Å². The number of hydrogen-bond donors (Lipinski definition) is 1. The van der Waals surface area contributed by atoms with Gasteiger partial charge in [0.25, 0.3) is 0 Å². The Morgan fingerprint density at radius 1 is 1.33 bits per heavy atom. The Kier molecular flexibility index (Phi) is 3.50. The average Bonchev–Trinajstić information content (AvgIpc) is 2.97. The highest BCUT2D eigenvalue weighted by Gasteiger charge is 2.53. The molecule has 0 spiro atoms. The van der Waals surface area contributed by atoms with Crippen molar-refractivity contribution in [3.8, 4) is 0 Å². The number of amides is 2. The average molecular weight is 254 g/mol. The molecule has 5 nitrogen and oxygen atoms in total. The molecule has 1 heterocycles. The predicted molar refractivity (Wildman–Crippen MR) is 67.0 cm³/mol. The van der Waals surface area contributed by atoms with Crippen LogP contribution in [0.25, 0.3) is 0 Å². The third-order valence-corrected chi connectivity index (χ3v) is 4.01. The maximum atomic E-state index is 12.5. The van der Waals surface area contributed by atoms with Crippen LogP contribution in [0.15, 0.2) is 0 Å². The van der Waals surface area contributed by atoms with Crippen molar-refractivity contribution in [3.05, 3.63) is 0 Å². The lowest BCUT2D eigenvalue weighted by molar-refractivity contribution is -0.136. The first-order valence-corrected chi connectivity index (χ1v) is 6.62. The molecule has 1 saturated heterocycles. The Bertz CT molecular complexity index is 354. The third kappa shape index (κ3) is 2.31. The number of likely N-dealkylation sites (tertiary alicyclic amines) is 1. The first-order chi connectivity index (χ1) is 8.45. The fourth-order valence-electron chi connectivity index (χ4n) is 2.94. The van der Waals surface area contributed by atoms with E-state index in [9.17, 15) is 9.59 Å². The van der Waals surface area contributed by atoms with Gasteiger partial charge in [-0.2, -0.15) is 0 Å². The monoisotopic (exact) mass is 254 g/mol. The van der Waals surface area contributed by atoms with Crippen molar-refractivity contribution in [2.75, 3.05) is 7.11 Å². The van der Waals surface area contributed by atoms with Crippen LogP contribution >= 0.6 is 0 Å². The van der Waals surface area contributed by atoms with E-state index in [2.05, 4.69) is 17.0 Å². The largest absolute Gasteiger partial charge is 0.453 e. The Morgan fingerprint density at radius 2 is 2.00 bits per heavy atom. The second-order valence-corrected chi connectivity index (χ2v) is 5.75. The van der Waals surface area contributed by atoms with Gasteiger partial charge in [0, 0.05) is 12.1 Å². The molecule has 1 saturated carbocycles. The summed E-state index contributed by atoms with van der Waals surface area (Å²) in [5, 5.41) is 2.65. The molecule has 102 valence electrons. The Balaban J connectivity index is 2.06. The van der Waals surface area contributed by atoms with Crippen LogP contribution in [0, 0.1) is 11.8 Å². The summed E-state index contributed by atoms with van der Waals surface area (Å²) in [6, 6.07) is 0.217. The maximum absolute atomic E-state index is 12.5. The molecule has 2 aliphatic rings. The number of carbonyl (C=O) groups is 2. The zero-order valence-corrected chi connectivity index (χ0v) is 11.5. The van der Waals surface area contributed by atoms with Crippen molar-refractivity contribution in [1.82, 2.24) is 10.2 Å². The van der Waals surface area contributed by atoms with Crippen LogP contribution in [0.4, 0.5) is 4.79 Å². The number of methoxy groups -OCH3 is 1. The van der Waals surface area contributed by atoms with Gasteiger partial charge in [-0.15, -0.1) is 0 Å². The summed E-state index contributed by atoms with van der Waals surface area (Å²) in [6.45, 7) is 5.95. The molecule has 1 aliphatic heterocycles. The van der Waals surface area contributed by atoms with E-state index >= 15 is 0 Å². The number of hydrogen-bond acceptors (Lipinski definition) is 3. The number of rotatable bonds is 3. The lowest BCUT2D eigenvalue weighted by atomic mass is 10.0. The number of fused-ring (bicyclic) bond motifs is 1. The van der Waals surface area contributed by atoms with E-state index in [1.807, 2.05) is 18.7 Å². The van der Waals surface area contributed by atoms with Gasteiger partial charge in [0.05, 0.1) is 7.11 Å². The molecule has 4 atom stereocenters. The molecule has 18 heavy (non-hydrogen) atoms. The van der Waals surface area contributed by atoms with Gasteiger partial charge in [-0.25, -0.2) is 4.79 Å². The van der Waals surface area contributed by atoms with Crippen LogP contribution in [0.2, 0.25) is 0 Å². The minimum atomic E-state index is -0.541. The minimum Gasteiger partial charge on any atom is -0.453 e. The lowest BCUT2D eigenvalue weighted by Crippen LogP contribution is -2.53. The summed E-state index contributed by atoms with van der Waals surface area (Å²) in [7, 11) is 1.31. The van der Waals surface area contributed by atoms with Crippen LogP contribution in [0.3, 0.4) is 0 Å². The molecule has 2 rings (SSSR count). The molecule has 0 unspecified atom stereocenters. The van der Waals surface area contributed by atoms with E-state index in [1.54, 1.807) is 0 Å².